The first-order valence-corrected chi connectivity index (χ1v) is 25.0. The van der Waals surface area contributed by atoms with E-state index in [1.165, 1.54) is 38.2 Å². The lowest BCUT2D eigenvalue weighted by Crippen LogP contribution is -2.53. The Hall–Kier alpha value is -4.13. The van der Waals surface area contributed by atoms with Crippen LogP contribution in [0.1, 0.15) is 65.5 Å². The van der Waals surface area contributed by atoms with Crippen molar-refractivity contribution in [1.82, 2.24) is 9.80 Å². The molecule has 0 bridgehead atoms. The zero-order valence-electron chi connectivity index (χ0n) is 34.4. The highest BCUT2D eigenvalue weighted by Crippen LogP contribution is 2.57. The van der Waals surface area contributed by atoms with Crippen LogP contribution in [0.4, 0.5) is 21.0 Å². The van der Waals surface area contributed by atoms with Crippen LogP contribution in [0.3, 0.4) is 0 Å². The highest BCUT2D eigenvalue weighted by Gasteiger charge is 2.66. The summed E-state index contributed by atoms with van der Waals surface area (Å²) in [5.41, 5.74) is 2.97. The van der Waals surface area contributed by atoms with E-state index in [0.717, 1.165) is 69.9 Å². The van der Waals surface area contributed by atoms with Gasteiger partial charge in [0, 0.05) is 35.3 Å². The van der Waals surface area contributed by atoms with Crippen molar-refractivity contribution in [1.29, 1.82) is 0 Å². The van der Waals surface area contributed by atoms with E-state index in [0.29, 0.717) is 0 Å². The third-order valence-electron chi connectivity index (χ3n) is 13.4. The molecule has 4 aliphatic rings. The van der Waals surface area contributed by atoms with Crippen molar-refractivity contribution in [3.05, 3.63) is 47.5 Å². The van der Waals surface area contributed by atoms with E-state index in [-0.39, 0.29) is 12.8 Å². The van der Waals surface area contributed by atoms with Crippen LogP contribution in [0.15, 0.2) is 36.4 Å². The topological polar surface area (TPSA) is 154 Å². The summed E-state index contributed by atoms with van der Waals surface area (Å²) < 4.78 is 35.8. The van der Waals surface area contributed by atoms with Gasteiger partial charge in [-0.05, 0) is 71.7 Å². The van der Waals surface area contributed by atoms with E-state index in [1.807, 2.05) is 24.3 Å². The van der Waals surface area contributed by atoms with Gasteiger partial charge in [0.05, 0.1) is 28.4 Å². The number of carbonyl (C=O) groups is 4. The first-order chi connectivity index (χ1) is 26.8. The van der Waals surface area contributed by atoms with Gasteiger partial charge in [0.1, 0.15) is 35.6 Å². The SMILES string of the molecule is CC[Si](CC)(CC)O[C@@]12C[C@@H](C(=O)OC)N(C(=O)OC)[C@@H]1Nc1ccc(-c3ccc4c(c3)[C@]3(O[Si](CC)(CC)CC)C[C@@H](C(=O)OC)N(C(=O)OC)[C@@H]3N4)cc12. The van der Waals surface area contributed by atoms with E-state index >= 15 is 0 Å². The van der Waals surface area contributed by atoms with E-state index in [9.17, 15) is 19.2 Å². The summed E-state index contributed by atoms with van der Waals surface area (Å²) in [6.07, 6.45) is -2.33. The number of hydrogen-bond acceptors (Lipinski definition) is 12. The number of hydrogen-bond donors (Lipinski definition) is 2. The molecule has 0 saturated carbocycles. The standard InChI is InChI=1S/C40H58N4O10Si2/c1-11-55(12-2,13-3)53-39-23-31(33(45)49-7)43(37(47)51-9)35(39)41-29-19-17-25(21-27(29)39)26-18-20-30-28(22-26)40(54-56(14-4,15-5)16-6)24-32(34(46)50-8)44(36(40)42-30)38(48)52-10/h17-22,31-32,35-36,41-42H,11-16,23-24H2,1-10H3/t31-,32-,35-,36-,39+,40+/m0/s1. The van der Waals surface area contributed by atoms with E-state index in [4.69, 9.17) is 27.8 Å². The fourth-order valence-electron chi connectivity index (χ4n) is 9.74. The van der Waals surface area contributed by atoms with Gasteiger partial charge in [-0.15, -0.1) is 0 Å². The van der Waals surface area contributed by atoms with E-state index in [1.54, 1.807) is 0 Å². The highest BCUT2D eigenvalue weighted by atomic mass is 28.4. The minimum absolute atomic E-state index is 0.195. The number of methoxy groups -OCH3 is 4. The summed E-state index contributed by atoms with van der Waals surface area (Å²) >= 11 is 0. The quantitative estimate of drug-likeness (QED) is 0.118. The van der Waals surface area contributed by atoms with Crippen molar-refractivity contribution < 1.29 is 47.0 Å². The fraction of sp³-hybridized carbons (Fsp3) is 0.600. The average Bonchev–Trinajstić information content (AvgIpc) is 3.92. The summed E-state index contributed by atoms with van der Waals surface area (Å²) in [5, 5.41) is 7.09. The minimum atomic E-state index is -2.37. The number of ether oxygens (including phenoxy) is 4. The van der Waals surface area contributed by atoms with Gasteiger partial charge in [0.2, 0.25) is 0 Å². The number of amides is 2. The monoisotopic (exact) mass is 810 g/mol. The molecular formula is C40H58N4O10Si2. The summed E-state index contributed by atoms with van der Waals surface area (Å²) in [5.74, 6) is -1.08. The first kappa shape index (κ1) is 41.5. The van der Waals surface area contributed by atoms with Crippen molar-refractivity contribution in [2.75, 3.05) is 39.1 Å². The van der Waals surface area contributed by atoms with Crippen molar-refractivity contribution >= 4 is 52.1 Å². The maximum atomic E-state index is 13.4. The van der Waals surface area contributed by atoms with E-state index in [2.05, 4.69) is 64.3 Å². The number of esters is 2. The van der Waals surface area contributed by atoms with Gasteiger partial charge < -0.3 is 38.4 Å². The minimum Gasteiger partial charge on any atom is -0.467 e. The molecule has 4 heterocycles. The zero-order valence-corrected chi connectivity index (χ0v) is 36.4. The van der Waals surface area contributed by atoms with Gasteiger partial charge in [-0.1, -0.05) is 53.7 Å². The summed E-state index contributed by atoms with van der Waals surface area (Å²) in [6.45, 7) is 12.9. The second-order valence-corrected chi connectivity index (χ2v) is 24.7. The Morgan fingerprint density at radius 2 is 0.929 bits per heavy atom. The Morgan fingerprint density at radius 3 is 1.21 bits per heavy atom. The van der Waals surface area contributed by atoms with Crippen LogP contribution in [-0.2, 0) is 48.6 Å². The molecule has 0 unspecified atom stereocenters. The first-order valence-electron chi connectivity index (χ1n) is 19.9. The molecule has 0 radical (unpaired) electrons. The largest absolute Gasteiger partial charge is 0.467 e. The summed E-state index contributed by atoms with van der Waals surface area (Å²) in [7, 11) is 0.506. The summed E-state index contributed by atoms with van der Waals surface area (Å²) in [4.78, 5) is 56.4. The van der Waals surface area contributed by atoms with Crippen LogP contribution >= 0.6 is 0 Å². The molecular weight excluding hydrogens is 753 g/mol. The Labute approximate surface area is 332 Å². The van der Waals surface area contributed by atoms with Crippen LogP contribution in [-0.4, -0.2) is 103 Å². The molecule has 14 nitrogen and oxygen atoms in total. The van der Waals surface area contributed by atoms with Gasteiger partial charge in [-0.2, -0.15) is 0 Å². The molecule has 0 aromatic heterocycles. The highest BCUT2D eigenvalue weighted by molar-refractivity contribution is 6.74. The lowest BCUT2D eigenvalue weighted by molar-refractivity contribution is -0.146. The van der Waals surface area contributed by atoms with Crippen LogP contribution < -0.4 is 10.6 Å². The van der Waals surface area contributed by atoms with Crippen LogP contribution in [0.5, 0.6) is 0 Å². The molecule has 2 saturated heterocycles. The molecule has 56 heavy (non-hydrogen) atoms. The second-order valence-electron chi connectivity index (χ2n) is 15.3. The Kier molecular flexibility index (Phi) is 11.6. The Bertz CT molecular complexity index is 1710. The average molecular weight is 811 g/mol. The second kappa shape index (κ2) is 15.7. The lowest BCUT2D eigenvalue weighted by Gasteiger charge is -2.41. The molecule has 306 valence electrons. The van der Waals surface area contributed by atoms with Gasteiger partial charge in [-0.3, -0.25) is 9.80 Å². The molecule has 0 spiro atoms. The van der Waals surface area contributed by atoms with Gasteiger partial charge in [0.15, 0.2) is 16.6 Å². The molecule has 2 N–H and O–H groups in total. The molecule has 2 fully saturated rings. The number of nitrogens with one attached hydrogen (secondary N) is 2. The molecule has 0 aliphatic carbocycles. The molecule has 6 atom stereocenters. The number of anilines is 2. The van der Waals surface area contributed by atoms with E-state index < -0.39 is 76.4 Å². The number of nitrogens with zero attached hydrogens (tertiary/aromatic N) is 2. The predicted molar refractivity (Wildman–Crippen MR) is 216 cm³/mol. The van der Waals surface area contributed by atoms with Crippen molar-refractivity contribution in [2.24, 2.45) is 0 Å². The molecule has 2 amide bonds. The maximum absolute atomic E-state index is 13.4. The van der Waals surface area contributed by atoms with Gasteiger partial charge in [-0.25, -0.2) is 19.2 Å². The number of benzene rings is 2. The third-order valence-corrected chi connectivity index (χ3v) is 22.7. The molecule has 2 aromatic rings. The normalized spacial score (nSPS) is 26.0. The zero-order chi connectivity index (χ0) is 40.8. The third kappa shape index (κ3) is 6.27. The van der Waals surface area contributed by atoms with Crippen LogP contribution in [0.25, 0.3) is 11.1 Å². The van der Waals surface area contributed by atoms with Gasteiger partial charge >= 0.3 is 24.1 Å². The number of fused-ring (bicyclic) bond motifs is 6. The Morgan fingerprint density at radius 1 is 0.589 bits per heavy atom. The lowest BCUT2D eigenvalue weighted by atomic mass is 9.87. The van der Waals surface area contributed by atoms with Crippen LogP contribution in [0.2, 0.25) is 36.3 Å². The number of likely N-dealkylation sites (tertiary alicyclic amines) is 2. The molecule has 4 aliphatic heterocycles. The van der Waals surface area contributed by atoms with Gasteiger partial charge in [0.25, 0.3) is 0 Å². The predicted octanol–water partition coefficient (Wildman–Crippen LogP) is 7.32. The smallest absolute Gasteiger partial charge is 0.412 e. The van der Waals surface area contributed by atoms with Crippen molar-refractivity contribution in [3.8, 4) is 11.1 Å². The molecule has 6 rings (SSSR count). The molecule has 16 heteroatoms. The number of rotatable bonds is 13. The summed E-state index contributed by atoms with van der Waals surface area (Å²) in [6, 6.07) is 15.5. The van der Waals surface area contributed by atoms with Crippen LogP contribution in [0, 0.1) is 0 Å². The maximum Gasteiger partial charge on any atom is 0.412 e. The van der Waals surface area contributed by atoms with Crippen molar-refractivity contribution in [2.45, 2.75) is 126 Å². The fourth-order valence-corrected chi connectivity index (χ4v) is 15.8. The van der Waals surface area contributed by atoms with Crippen molar-refractivity contribution in [3.63, 3.8) is 0 Å². The number of carbonyl (C=O) groups excluding carboxylic acids is 4. The Balaban J connectivity index is 1.52. The molecule has 2 aromatic carbocycles.